The van der Waals surface area contributed by atoms with Crippen LogP contribution in [0.3, 0.4) is 0 Å². The number of nitrogens with zero attached hydrogens (tertiary/aromatic N) is 3. The number of para-hydroxylation sites is 1. The molecule has 3 aromatic rings. The smallest absolute Gasteiger partial charge is 0.252 e. The van der Waals surface area contributed by atoms with Gasteiger partial charge in [0.15, 0.2) is 5.79 Å². The maximum Gasteiger partial charge on any atom is 0.252 e. The van der Waals surface area contributed by atoms with E-state index < -0.39 is 16.7 Å². The highest BCUT2D eigenvalue weighted by molar-refractivity contribution is 6.34. The molecule has 4 aliphatic rings. The summed E-state index contributed by atoms with van der Waals surface area (Å²) >= 11 is 0. The minimum atomic E-state index is -0.646. The van der Waals surface area contributed by atoms with Gasteiger partial charge in [-0.25, -0.2) is 4.98 Å². The van der Waals surface area contributed by atoms with Gasteiger partial charge < -0.3 is 30.6 Å². The van der Waals surface area contributed by atoms with Gasteiger partial charge in [0.25, 0.3) is 5.91 Å². The number of pyridine rings is 1. The van der Waals surface area contributed by atoms with Crippen LogP contribution in [0, 0.1) is 5.41 Å². The molecule has 0 bridgehead atoms. The Morgan fingerprint density at radius 3 is 2.61 bits per heavy atom. The number of ether oxygens (including phenoxy) is 3. The van der Waals surface area contributed by atoms with Crippen LogP contribution in [0.15, 0.2) is 42.9 Å². The highest BCUT2D eigenvalue weighted by Gasteiger charge is 2.70. The minimum absolute atomic E-state index is 0.0166. The van der Waals surface area contributed by atoms with Crippen molar-refractivity contribution in [2.75, 3.05) is 31.0 Å². The van der Waals surface area contributed by atoms with Gasteiger partial charge in [0.05, 0.1) is 43.5 Å². The van der Waals surface area contributed by atoms with Gasteiger partial charge in [0, 0.05) is 51.3 Å². The van der Waals surface area contributed by atoms with Crippen molar-refractivity contribution in [3.63, 3.8) is 0 Å². The number of nitrogens with one attached hydrogen (secondary N) is 2. The first-order chi connectivity index (χ1) is 19.8. The van der Waals surface area contributed by atoms with E-state index in [9.17, 15) is 9.59 Å². The molecule has 4 fully saturated rings. The molecule has 1 aromatic carbocycles. The van der Waals surface area contributed by atoms with E-state index in [0.29, 0.717) is 36.2 Å². The van der Waals surface area contributed by atoms with Crippen LogP contribution in [0.4, 0.5) is 17.2 Å². The predicted molar refractivity (Wildman–Crippen MR) is 151 cm³/mol. The SMILES string of the molecule is COc1c(Nc2cc(NC(=O)[C@@]3([Si])CC34CCC4)ncc2C(N)=O)cccc1-c1cnn([C@@H]2CCC23OCCO3)c1. The van der Waals surface area contributed by atoms with Crippen LogP contribution in [0.2, 0.25) is 5.04 Å². The lowest BCUT2D eigenvalue weighted by Gasteiger charge is -2.44. The van der Waals surface area contributed by atoms with Crippen molar-refractivity contribution >= 4 is 39.2 Å². The van der Waals surface area contributed by atoms with Gasteiger partial charge in [0.1, 0.15) is 17.6 Å². The average Bonchev–Trinajstić information content (AvgIpc) is 3.27. The standard InChI is InChI=1S/C29H31N6O5Si/c1-38-24-18(17-13-32-35(15-17)22-6-9-29(22)39-10-11-40-29)4-2-5-20(24)33-21-12-23(31-14-19(21)25(30)36)34-26(37)28(41)16-27(28)7-3-8-27/h2,4-5,12-15,22H,3,6-11,16H2,1H3,(H2,30,36)(H2,31,33,34,37)/t22-,28+/m1/s1. The van der Waals surface area contributed by atoms with Gasteiger partial charge >= 0.3 is 0 Å². The maximum atomic E-state index is 13.1. The molecule has 7 rings (SSSR count). The number of primary amides is 1. The summed E-state index contributed by atoms with van der Waals surface area (Å²) in [6.45, 7) is 1.19. The van der Waals surface area contributed by atoms with Crippen molar-refractivity contribution in [1.29, 1.82) is 0 Å². The third kappa shape index (κ3) is 4.07. The van der Waals surface area contributed by atoms with Crippen LogP contribution < -0.4 is 21.1 Å². The molecule has 11 nitrogen and oxygen atoms in total. The summed E-state index contributed by atoms with van der Waals surface area (Å²) in [6, 6.07) is 7.31. The fraction of sp³-hybridized carbons (Fsp3) is 0.448. The Kier molecular flexibility index (Phi) is 6.00. The fourth-order valence-corrected chi connectivity index (χ4v) is 7.21. The van der Waals surface area contributed by atoms with Crippen LogP contribution >= 0.6 is 0 Å². The molecule has 12 heteroatoms. The Hall–Kier alpha value is -3.74. The van der Waals surface area contributed by atoms with Crippen LogP contribution in [0.5, 0.6) is 5.75 Å². The second-order valence-corrected chi connectivity index (χ2v) is 12.3. The molecule has 211 valence electrons. The van der Waals surface area contributed by atoms with Crippen molar-refractivity contribution in [3.8, 4) is 16.9 Å². The number of hydrogen-bond acceptors (Lipinski definition) is 8. The first-order valence-electron chi connectivity index (χ1n) is 13.9. The zero-order valence-corrected chi connectivity index (χ0v) is 23.7. The lowest BCUT2D eigenvalue weighted by molar-refractivity contribution is -0.242. The third-order valence-electron chi connectivity index (χ3n) is 9.26. The summed E-state index contributed by atoms with van der Waals surface area (Å²) in [6.07, 6.45) is 11.0. The zero-order chi connectivity index (χ0) is 28.4. The average molecular weight is 572 g/mol. The van der Waals surface area contributed by atoms with E-state index in [-0.39, 0.29) is 22.9 Å². The summed E-state index contributed by atoms with van der Waals surface area (Å²) in [5.74, 6) is -0.471. The van der Waals surface area contributed by atoms with Gasteiger partial charge in [-0.1, -0.05) is 18.6 Å². The molecule has 3 saturated carbocycles. The Bertz CT molecular complexity index is 1550. The van der Waals surface area contributed by atoms with Crippen molar-refractivity contribution in [3.05, 3.63) is 48.4 Å². The van der Waals surface area contributed by atoms with E-state index in [4.69, 9.17) is 19.9 Å². The topological polar surface area (TPSA) is 143 Å². The summed E-state index contributed by atoms with van der Waals surface area (Å²) in [5.41, 5.74) is 8.60. The molecule has 0 unspecified atom stereocenters. The number of nitrogens with two attached hydrogens (primary N) is 1. The molecular formula is C29H31N6O5Si. The normalized spacial score (nSPS) is 24.9. The maximum absolute atomic E-state index is 13.1. The molecule has 2 aromatic heterocycles. The number of methoxy groups -OCH3 is 1. The van der Waals surface area contributed by atoms with E-state index in [1.807, 2.05) is 29.1 Å². The Balaban J connectivity index is 1.16. The Morgan fingerprint density at radius 2 is 1.98 bits per heavy atom. The molecule has 1 aliphatic heterocycles. The number of carbonyl (C=O) groups excluding carboxylic acids is 2. The van der Waals surface area contributed by atoms with Crippen molar-refractivity contribution in [2.24, 2.45) is 11.1 Å². The molecule has 2 amide bonds. The number of amides is 2. The van der Waals surface area contributed by atoms with Crippen molar-refractivity contribution in [2.45, 2.75) is 55.4 Å². The molecule has 1 saturated heterocycles. The lowest BCUT2D eigenvalue weighted by atomic mass is 9.79. The number of carbonyl (C=O) groups is 2. The predicted octanol–water partition coefficient (Wildman–Crippen LogP) is 3.71. The number of hydrogen-bond donors (Lipinski definition) is 3. The van der Waals surface area contributed by atoms with Crippen LogP contribution in [-0.4, -0.2) is 62.9 Å². The lowest BCUT2D eigenvalue weighted by Crippen LogP contribution is -2.49. The Labute approximate surface area is 240 Å². The number of rotatable bonds is 8. The molecule has 3 radical (unpaired) electrons. The number of aromatic nitrogens is 3. The minimum Gasteiger partial charge on any atom is -0.494 e. The fourth-order valence-electron chi connectivity index (χ4n) is 6.56. The van der Waals surface area contributed by atoms with E-state index >= 15 is 0 Å². The molecule has 41 heavy (non-hydrogen) atoms. The quantitative estimate of drug-likeness (QED) is 0.347. The van der Waals surface area contributed by atoms with E-state index in [1.54, 1.807) is 19.4 Å². The largest absolute Gasteiger partial charge is 0.494 e. The molecule has 2 spiro atoms. The van der Waals surface area contributed by atoms with Gasteiger partial charge in [-0.2, -0.15) is 5.10 Å². The van der Waals surface area contributed by atoms with Gasteiger partial charge in [-0.15, -0.1) is 0 Å². The second kappa shape index (κ2) is 9.40. The first-order valence-corrected chi connectivity index (χ1v) is 14.4. The van der Waals surface area contributed by atoms with Crippen molar-refractivity contribution < 1.29 is 23.8 Å². The van der Waals surface area contributed by atoms with Crippen LogP contribution in [0.1, 0.15) is 54.9 Å². The summed E-state index contributed by atoms with van der Waals surface area (Å²) < 4.78 is 19.5. The van der Waals surface area contributed by atoms with Gasteiger partial charge in [-0.05, 0) is 37.2 Å². The van der Waals surface area contributed by atoms with Gasteiger partial charge in [0.2, 0.25) is 5.91 Å². The summed E-state index contributed by atoms with van der Waals surface area (Å²) in [7, 11) is 5.32. The summed E-state index contributed by atoms with van der Waals surface area (Å²) in [4.78, 5) is 29.7. The summed E-state index contributed by atoms with van der Waals surface area (Å²) in [5, 5.41) is 10.2. The van der Waals surface area contributed by atoms with Crippen molar-refractivity contribution in [1.82, 2.24) is 14.8 Å². The monoisotopic (exact) mass is 571 g/mol. The molecule has 3 heterocycles. The van der Waals surface area contributed by atoms with Crippen LogP contribution in [0.25, 0.3) is 11.1 Å². The van der Waals surface area contributed by atoms with Gasteiger partial charge in [-0.3, -0.25) is 14.3 Å². The first kappa shape index (κ1) is 26.2. The highest BCUT2D eigenvalue weighted by Crippen LogP contribution is 2.77. The third-order valence-corrected chi connectivity index (χ3v) is 10.2. The molecule has 3 aliphatic carbocycles. The van der Waals surface area contributed by atoms with Crippen LogP contribution in [-0.2, 0) is 14.3 Å². The highest BCUT2D eigenvalue weighted by atomic mass is 28.1. The van der Waals surface area contributed by atoms with E-state index in [2.05, 4.69) is 31.0 Å². The molecular weight excluding hydrogens is 540 g/mol. The Morgan fingerprint density at radius 1 is 1.17 bits per heavy atom. The molecule has 4 N–H and O–H groups in total. The molecule has 2 atom stereocenters. The second-order valence-electron chi connectivity index (χ2n) is 11.4. The van der Waals surface area contributed by atoms with E-state index in [1.165, 1.54) is 6.20 Å². The number of benzene rings is 1. The zero-order valence-electron chi connectivity index (χ0n) is 22.7. The van der Waals surface area contributed by atoms with E-state index in [0.717, 1.165) is 49.7 Å². The number of anilines is 3.